The van der Waals surface area contributed by atoms with Crippen molar-refractivity contribution in [1.82, 2.24) is 0 Å². The van der Waals surface area contributed by atoms with Crippen molar-refractivity contribution in [3.05, 3.63) is 0 Å². The van der Waals surface area contributed by atoms with Crippen molar-refractivity contribution in [3.8, 4) is 0 Å². The van der Waals surface area contributed by atoms with E-state index in [1.807, 2.05) is 0 Å². The molecule has 1 rings (SSSR count). The van der Waals surface area contributed by atoms with Gasteiger partial charge in [-0.25, -0.2) is 0 Å². The van der Waals surface area contributed by atoms with Crippen molar-refractivity contribution in [2.24, 2.45) is 5.41 Å². The Morgan fingerprint density at radius 3 is 2.59 bits per heavy atom. The standard InChI is InChI=1S/C15H30O2/c1-4-7-8-11-15(13-16-5-2)12-9-10-14(15)17-6-3/h14H,4-13H2,1-3H3. The largest absolute Gasteiger partial charge is 0.381 e. The maximum Gasteiger partial charge on any atom is 0.0653 e. The summed E-state index contributed by atoms with van der Waals surface area (Å²) in [6.07, 6.45) is 9.52. The van der Waals surface area contributed by atoms with Crippen LogP contribution >= 0.6 is 0 Å². The Balaban J connectivity index is 2.55. The lowest BCUT2D eigenvalue weighted by Gasteiger charge is -2.35. The zero-order chi connectivity index (χ0) is 12.6. The Bertz CT molecular complexity index is 193. The van der Waals surface area contributed by atoms with E-state index >= 15 is 0 Å². The Labute approximate surface area is 107 Å². The monoisotopic (exact) mass is 242 g/mol. The smallest absolute Gasteiger partial charge is 0.0653 e. The minimum atomic E-state index is 0.321. The van der Waals surface area contributed by atoms with Gasteiger partial charge in [0.15, 0.2) is 0 Å². The fraction of sp³-hybridized carbons (Fsp3) is 1.00. The van der Waals surface area contributed by atoms with Crippen molar-refractivity contribution in [2.45, 2.75) is 71.8 Å². The Hall–Kier alpha value is -0.0800. The summed E-state index contributed by atoms with van der Waals surface area (Å²) in [7, 11) is 0. The van der Waals surface area contributed by atoms with Gasteiger partial charge in [-0.05, 0) is 33.1 Å². The Kier molecular flexibility index (Phi) is 7.14. The van der Waals surface area contributed by atoms with E-state index in [4.69, 9.17) is 9.47 Å². The Morgan fingerprint density at radius 1 is 1.12 bits per heavy atom. The number of rotatable bonds is 9. The molecule has 0 aromatic rings. The first-order valence-electron chi connectivity index (χ1n) is 7.48. The molecule has 0 N–H and O–H groups in total. The molecule has 2 heteroatoms. The van der Waals surface area contributed by atoms with E-state index in [0.717, 1.165) is 19.8 Å². The molecule has 0 bridgehead atoms. The topological polar surface area (TPSA) is 18.5 Å². The molecule has 2 nitrogen and oxygen atoms in total. The van der Waals surface area contributed by atoms with Gasteiger partial charge in [-0.15, -0.1) is 0 Å². The van der Waals surface area contributed by atoms with Gasteiger partial charge in [0.25, 0.3) is 0 Å². The predicted molar refractivity (Wildman–Crippen MR) is 72.3 cm³/mol. The zero-order valence-corrected chi connectivity index (χ0v) is 12.0. The van der Waals surface area contributed by atoms with Crippen molar-refractivity contribution >= 4 is 0 Å². The van der Waals surface area contributed by atoms with Crippen LogP contribution in [0.15, 0.2) is 0 Å². The minimum absolute atomic E-state index is 0.321. The average molecular weight is 242 g/mol. The minimum Gasteiger partial charge on any atom is -0.381 e. The molecule has 1 saturated carbocycles. The summed E-state index contributed by atoms with van der Waals surface area (Å²) in [6.45, 7) is 9.03. The Morgan fingerprint density at radius 2 is 1.94 bits per heavy atom. The van der Waals surface area contributed by atoms with Crippen LogP contribution in [0.2, 0.25) is 0 Å². The van der Waals surface area contributed by atoms with Crippen molar-refractivity contribution in [2.75, 3.05) is 19.8 Å². The second-order valence-electron chi connectivity index (χ2n) is 5.29. The van der Waals surface area contributed by atoms with Crippen LogP contribution in [0.1, 0.15) is 65.7 Å². The first-order chi connectivity index (χ1) is 8.29. The first-order valence-corrected chi connectivity index (χ1v) is 7.48. The fourth-order valence-corrected chi connectivity index (χ4v) is 3.12. The quantitative estimate of drug-likeness (QED) is 0.565. The summed E-state index contributed by atoms with van der Waals surface area (Å²) >= 11 is 0. The van der Waals surface area contributed by atoms with Crippen LogP contribution in [0.4, 0.5) is 0 Å². The second-order valence-corrected chi connectivity index (χ2v) is 5.29. The molecule has 0 aliphatic heterocycles. The molecule has 2 atom stereocenters. The lowest BCUT2D eigenvalue weighted by molar-refractivity contribution is -0.0645. The van der Waals surface area contributed by atoms with Crippen molar-refractivity contribution in [1.29, 1.82) is 0 Å². The zero-order valence-electron chi connectivity index (χ0n) is 12.0. The van der Waals surface area contributed by atoms with Gasteiger partial charge in [0.2, 0.25) is 0 Å². The maximum absolute atomic E-state index is 5.97. The SMILES string of the molecule is CCCCCC1(COCC)CCCC1OCC. The lowest BCUT2D eigenvalue weighted by Crippen LogP contribution is -2.37. The molecular formula is C15H30O2. The highest BCUT2D eigenvalue weighted by Gasteiger charge is 2.43. The highest BCUT2D eigenvalue weighted by atomic mass is 16.5. The van der Waals surface area contributed by atoms with Crippen LogP contribution in [-0.2, 0) is 9.47 Å². The molecule has 0 aromatic carbocycles. The first kappa shape index (κ1) is 15.0. The van der Waals surface area contributed by atoms with Crippen LogP contribution in [-0.4, -0.2) is 25.9 Å². The molecule has 1 aliphatic rings. The second kappa shape index (κ2) is 8.10. The molecule has 1 aliphatic carbocycles. The summed E-state index contributed by atoms with van der Waals surface area (Å²) in [6, 6.07) is 0. The van der Waals surface area contributed by atoms with E-state index in [1.54, 1.807) is 0 Å². The van der Waals surface area contributed by atoms with Gasteiger partial charge in [0.05, 0.1) is 12.7 Å². The van der Waals surface area contributed by atoms with Gasteiger partial charge in [0, 0.05) is 18.6 Å². The molecule has 0 aromatic heterocycles. The lowest BCUT2D eigenvalue weighted by atomic mass is 9.79. The van der Waals surface area contributed by atoms with Gasteiger partial charge in [-0.3, -0.25) is 0 Å². The van der Waals surface area contributed by atoms with E-state index in [0.29, 0.717) is 11.5 Å². The molecule has 2 unspecified atom stereocenters. The van der Waals surface area contributed by atoms with Gasteiger partial charge in [0.1, 0.15) is 0 Å². The van der Waals surface area contributed by atoms with Gasteiger partial charge < -0.3 is 9.47 Å². The molecule has 0 radical (unpaired) electrons. The molecule has 17 heavy (non-hydrogen) atoms. The molecule has 0 heterocycles. The van der Waals surface area contributed by atoms with E-state index in [-0.39, 0.29) is 0 Å². The van der Waals surface area contributed by atoms with Crippen molar-refractivity contribution < 1.29 is 9.47 Å². The number of hydrogen-bond donors (Lipinski definition) is 0. The van der Waals surface area contributed by atoms with E-state index in [1.165, 1.54) is 44.9 Å². The van der Waals surface area contributed by atoms with E-state index < -0.39 is 0 Å². The predicted octanol–water partition coefficient (Wildman–Crippen LogP) is 4.18. The van der Waals surface area contributed by atoms with Crippen LogP contribution < -0.4 is 0 Å². The normalized spacial score (nSPS) is 28.8. The maximum atomic E-state index is 5.97. The number of hydrogen-bond acceptors (Lipinski definition) is 2. The van der Waals surface area contributed by atoms with Crippen LogP contribution in [0.25, 0.3) is 0 Å². The number of ether oxygens (including phenoxy) is 2. The molecule has 0 amide bonds. The average Bonchev–Trinajstić information content (AvgIpc) is 2.72. The molecule has 0 spiro atoms. The van der Waals surface area contributed by atoms with Gasteiger partial charge in [-0.1, -0.05) is 32.6 Å². The summed E-state index contributed by atoms with van der Waals surface area (Å²) in [4.78, 5) is 0. The highest BCUT2D eigenvalue weighted by Crippen LogP contribution is 2.44. The van der Waals surface area contributed by atoms with Crippen molar-refractivity contribution in [3.63, 3.8) is 0 Å². The third-order valence-electron chi connectivity index (χ3n) is 4.06. The van der Waals surface area contributed by atoms with E-state index in [9.17, 15) is 0 Å². The summed E-state index contributed by atoms with van der Waals surface area (Å²) in [5, 5.41) is 0. The van der Waals surface area contributed by atoms with Crippen LogP contribution in [0.3, 0.4) is 0 Å². The van der Waals surface area contributed by atoms with Crippen LogP contribution in [0.5, 0.6) is 0 Å². The molecule has 1 fully saturated rings. The summed E-state index contributed by atoms with van der Waals surface area (Å²) in [5.74, 6) is 0. The summed E-state index contributed by atoms with van der Waals surface area (Å²) < 4.78 is 11.7. The van der Waals surface area contributed by atoms with E-state index in [2.05, 4.69) is 20.8 Å². The van der Waals surface area contributed by atoms with Gasteiger partial charge in [-0.2, -0.15) is 0 Å². The number of unbranched alkanes of at least 4 members (excludes halogenated alkanes) is 2. The van der Waals surface area contributed by atoms with Crippen LogP contribution in [0, 0.1) is 5.41 Å². The molecule has 102 valence electrons. The fourth-order valence-electron chi connectivity index (χ4n) is 3.12. The molecule has 0 saturated heterocycles. The highest BCUT2D eigenvalue weighted by molar-refractivity contribution is 4.93. The van der Waals surface area contributed by atoms with Gasteiger partial charge >= 0.3 is 0 Å². The third-order valence-corrected chi connectivity index (χ3v) is 4.06. The third kappa shape index (κ3) is 4.26. The summed E-state index contributed by atoms with van der Waals surface area (Å²) in [5.41, 5.74) is 0.321. The molecular weight excluding hydrogens is 212 g/mol.